The highest BCUT2D eigenvalue weighted by Gasteiger charge is 2.19. The average molecular weight is 392 g/mol. The number of benzene rings is 1. The van der Waals surface area contributed by atoms with Gasteiger partial charge in [-0.1, -0.05) is 30.3 Å². The number of aromatic amines is 1. The Bertz CT molecular complexity index is 1070. The zero-order valence-corrected chi connectivity index (χ0v) is 15.6. The maximum atomic E-state index is 12.6. The van der Waals surface area contributed by atoms with Crippen molar-refractivity contribution in [3.63, 3.8) is 0 Å². The number of hydrogen-bond donors (Lipinski definition) is 3. The topological polar surface area (TPSA) is 108 Å². The maximum Gasteiger partial charge on any atom is 0.336 e. The number of carbonyl (C=O) groups excluding carboxylic acids is 1. The fourth-order valence-corrected chi connectivity index (χ4v) is 3.30. The van der Waals surface area contributed by atoms with E-state index < -0.39 is 5.97 Å². The number of carbonyl (C=O) groups is 2. The van der Waals surface area contributed by atoms with Crippen LogP contribution in [0.25, 0.3) is 22.7 Å². The van der Waals surface area contributed by atoms with Crippen LogP contribution in [0.3, 0.4) is 0 Å². The summed E-state index contributed by atoms with van der Waals surface area (Å²) in [6.07, 6.45) is 4.87. The number of H-pyrrole nitrogens is 1. The van der Waals surface area contributed by atoms with Gasteiger partial charge in [0, 0.05) is 36.4 Å². The molecule has 1 aromatic carbocycles. The van der Waals surface area contributed by atoms with Gasteiger partial charge >= 0.3 is 12.0 Å². The largest absolute Gasteiger partial charge is 0.478 e. The Hall–Kier alpha value is -3.65. The van der Waals surface area contributed by atoms with Crippen molar-refractivity contribution in [1.29, 1.82) is 0 Å². The van der Waals surface area contributed by atoms with E-state index >= 15 is 0 Å². The van der Waals surface area contributed by atoms with E-state index in [0.29, 0.717) is 54.2 Å². The van der Waals surface area contributed by atoms with E-state index in [0.717, 1.165) is 0 Å². The number of nitrogens with zero attached hydrogens (tertiary/aromatic N) is 2. The molecule has 3 heterocycles. The quantitative estimate of drug-likeness (QED) is 0.592. The van der Waals surface area contributed by atoms with Crippen LogP contribution >= 0.6 is 0 Å². The Morgan fingerprint density at radius 2 is 1.93 bits per heavy atom. The number of carboxylic acid groups (broad SMARTS) is 1. The van der Waals surface area contributed by atoms with Gasteiger partial charge in [0.2, 0.25) is 0 Å². The molecule has 3 aromatic rings. The van der Waals surface area contributed by atoms with Crippen molar-refractivity contribution >= 4 is 40.4 Å². The third-order valence-corrected chi connectivity index (χ3v) is 4.76. The van der Waals surface area contributed by atoms with Crippen LogP contribution in [0.15, 0.2) is 48.8 Å². The third kappa shape index (κ3) is 3.97. The number of morpholine rings is 1. The second-order valence-corrected chi connectivity index (χ2v) is 6.58. The highest BCUT2D eigenvalue weighted by molar-refractivity contribution is 6.22. The minimum Gasteiger partial charge on any atom is -0.478 e. The minimum atomic E-state index is -1.03. The van der Waals surface area contributed by atoms with Gasteiger partial charge in [0.25, 0.3) is 0 Å². The molecule has 29 heavy (non-hydrogen) atoms. The van der Waals surface area contributed by atoms with Crippen molar-refractivity contribution in [1.82, 2.24) is 14.9 Å². The number of aliphatic carboxylic acids is 1. The van der Waals surface area contributed by atoms with Crippen molar-refractivity contribution in [2.75, 3.05) is 31.6 Å². The van der Waals surface area contributed by atoms with Gasteiger partial charge in [0.15, 0.2) is 0 Å². The highest BCUT2D eigenvalue weighted by atomic mass is 16.5. The van der Waals surface area contributed by atoms with Crippen LogP contribution in [-0.2, 0) is 9.53 Å². The summed E-state index contributed by atoms with van der Waals surface area (Å²) in [5.41, 5.74) is 2.51. The van der Waals surface area contributed by atoms with Crippen molar-refractivity contribution in [2.24, 2.45) is 0 Å². The number of fused-ring (bicyclic) bond motifs is 1. The molecule has 2 aromatic heterocycles. The molecule has 0 unspecified atom stereocenters. The van der Waals surface area contributed by atoms with Crippen LogP contribution in [0.5, 0.6) is 0 Å². The first kappa shape index (κ1) is 18.7. The van der Waals surface area contributed by atoms with E-state index in [-0.39, 0.29) is 11.6 Å². The molecule has 8 heteroatoms. The normalized spacial score (nSPS) is 14.8. The standard InChI is InChI=1S/C21H20N4O4/c26-20(27)16(14-4-2-1-3-5-14)12-15-13-23-19-18(15)17(6-7-22-19)24-21(28)25-8-10-29-11-9-25/h1-7,12-13H,8-11H2,(H,26,27)(H2,22,23,24,28)/b16-12+. The molecule has 0 atom stereocenters. The number of pyridine rings is 1. The molecule has 0 aliphatic carbocycles. The van der Waals surface area contributed by atoms with Crippen molar-refractivity contribution < 1.29 is 19.4 Å². The highest BCUT2D eigenvalue weighted by Crippen LogP contribution is 2.29. The molecule has 0 bridgehead atoms. The van der Waals surface area contributed by atoms with Gasteiger partial charge in [-0.15, -0.1) is 0 Å². The lowest BCUT2D eigenvalue weighted by atomic mass is 10.0. The number of amides is 2. The molecular formula is C21H20N4O4. The molecule has 0 saturated carbocycles. The Kier molecular flexibility index (Phi) is 5.26. The summed E-state index contributed by atoms with van der Waals surface area (Å²) in [5, 5.41) is 13.3. The average Bonchev–Trinajstić information content (AvgIpc) is 3.17. The van der Waals surface area contributed by atoms with Crippen molar-refractivity contribution in [3.05, 3.63) is 59.9 Å². The lowest BCUT2D eigenvalue weighted by molar-refractivity contribution is -0.130. The molecule has 0 spiro atoms. The fraction of sp³-hybridized carbons (Fsp3) is 0.190. The van der Waals surface area contributed by atoms with Gasteiger partial charge in [0.05, 0.1) is 24.5 Å². The first-order valence-electron chi connectivity index (χ1n) is 9.23. The van der Waals surface area contributed by atoms with Crippen LogP contribution in [0, 0.1) is 0 Å². The van der Waals surface area contributed by atoms with Crippen LogP contribution in [-0.4, -0.2) is 58.3 Å². The predicted molar refractivity (Wildman–Crippen MR) is 109 cm³/mol. The molecule has 148 valence electrons. The summed E-state index contributed by atoms with van der Waals surface area (Å²) in [5.74, 6) is -1.03. The van der Waals surface area contributed by atoms with Gasteiger partial charge in [0.1, 0.15) is 5.65 Å². The Morgan fingerprint density at radius 3 is 2.66 bits per heavy atom. The fourth-order valence-electron chi connectivity index (χ4n) is 3.30. The monoisotopic (exact) mass is 392 g/mol. The van der Waals surface area contributed by atoms with E-state index in [2.05, 4.69) is 15.3 Å². The van der Waals surface area contributed by atoms with Crippen molar-refractivity contribution in [3.8, 4) is 0 Å². The lowest BCUT2D eigenvalue weighted by Crippen LogP contribution is -2.43. The van der Waals surface area contributed by atoms with E-state index in [9.17, 15) is 14.7 Å². The molecule has 1 fully saturated rings. The van der Waals surface area contributed by atoms with E-state index in [1.54, 1.807) is 53.7 Å². The first-order valence-corrected chi connectivity index (χ1v) is 9.23. The number of carboxylic acids is 1. The minimum absolute atomic E-state index is 0.154. The molecule has 1 aliphatic rings. The Morgan fingerprint density at radius 1 is 1.17 bits per heavy atom. The molecule has 8 nitrogen and oxygen atoms in total. The number of aromatic nitrogens is 2. The van der Waals surface area contributed by atoms with E-state index in [4.69, 9.17) is 4.74 Å². The Balaban J connectivity index is 1.72. The van der Waals surface area contributed by atoms with Crippen LogP contribution in [0.1, 0.15) is 11.1 Å². The van der Waals surface area contributed by atoms with Crippen LogP contribution < -0.4 is 5.32 Å². The summed E-state index contributed by atoms with van der Waals surface area (Å²) in [6, 6.07) is 10.4. The van der Waals surface area contributed by atoms with Crippen molar-refractivity contribution in [2.45, 2.75) is 0 Å². The van der Waals surface area contributed by atoms with Gasteiger partial charge in [-0.25, -0.2) is 14.6 Å². The van der Waals surface area contributed by atoms with Gasteiger partial charge < -0.3 is 25.0 Å². The Labute approximate surface area is 166 Å². The van der Waals surface area contributed by atoms with Gasteiger partial charge in [-0.05, 0) is 17.7 Å². The maximum absolute atomic E-state index is 12.6. The molecule has 0 radical (unpaired) electrons. The summed E-state index contributed by atoms with van der Waals surface area (Å²) in [4.78, 5) is 33.5. The number of anilines is 1. The first-order chi connectivity index (χ1) is 14.1. The number of hydrogen-bond acceptors (Lipinski definition) is 4. The number of nitrogens with one attached hydrogen (secondary N) is 2. The van der Waals surface area contributed by atoms with Gasteiger partial charge in [-0.3, -0.25) is 0 Å². The summed E-state index contributed by atoms with van der Waals surface area (Å²) >= 11 is 0. The van der Waals surface area contributed by atoms with E-state index in [1.165, 1.54) is 0 Å². The molecule has 1 saturated heterocycles. The SMILES string of the molecule is O=C(O)/C(=C/c1c[nH]c2nccc(NC(=O)N3CCOCC3)c12)c1ccccc1. The zero-order chi connectivity index (χ0) is 20.2. The molecule has 3 N–H and O–H groups in total. The number of ether oxygens (including phenoxy) is 1. The second kappa shape index (κ2) is 8.15. The molecular weight excluding hydrogens is 372 g/mol. The molecule has 2 amide bonds. The number of urea groups is 1. The zero-order valence-electron chi connectivity index (χ0n) is 15.6. The lowest BCUT2D eigenvalue weighted by Gasteiger charge is -2.27. The molecule has 1 aliphatic heterocycles. The smallest absolute Gasteiger partial charge is 0.336 e. The predicted octanol–water partition coefficient (Wildman–Crippen LogP) is 3.05. The van der Waals surface area contributed by atoms with Crippen LogP contribution in [0.2, 0.25) is 0 Å². The van der Waals surface area contributed by atoms with E-state index in [1.807, 2.05) is 6.07 Å². The molecule has 4 rings (SSSR count). The van der Waals surface area contributed by atoms with Crippen LogP contribution in [0.4, 0.5) is 10.5 Å². The second-order valence-electron chi connectivity index (χ2n) is 6.58. The summed E-state index contributed by atoms with van der Waals surface area (Å²) in [6.45, 7) is 2.07. The third-order valence-electron chi connectivity index (χ3n) is 4.76. The summed E-state index contributed by atoms with van der Waals surface area (Å²) < 4.78 is 5.29. The summed E-state index contributed by atoms with van der Waals surface area (Å²) in [7, 11) is 0. The number of rotatable bonds is 4. The van der Waals surface area contributed by atoms with Gasteiger partial charge in [-0.2, -0.15) is 0 Å².